The van der Waals surface area contributed by atoms with Crippen LogP contribution in [0.15, 0.2) is 60.7 Å². The van der Waals surface area contributed by atoms with Gasteiger partial charge in [0.1, 0.15) is 5.82 Å². The summed E-state index contributed by atoms with van der Waals surface area (Å²) in [5.74, 6) is -0.338. The van der Waals surface area contributed by atoms with Crippen molar-refractivity contribution in [2.75, 3.05) is 0 Å². The summed E-state index contributed by atoms with van der Waals surface area (Å²) in [6.45, 7) is 0. The minimum Gasteiger partial charge on any atom is -0.384 e. The van der Waals surface area contributed by atoms with Gasteiger partial charge in [0, 0.05) is 0 Å². The first kappa shape index (κ1) is 11.6. The number of hydrogen-bond acceptors (Lipinski definition) is 1. The molecule has 1 nitrogen and oxygen atoms in total. The van der Waals surface area contributed by atoms with E-state index in [0.717, 1.165) is 5.56 Å². The van der Waals surface area contributed by atoms with Gasteiger partial charge in [-0.2, -0.15) is 0 Å². The Bertz CT molecular complexity index is 505. The lowest BCUT2D eigenvalue weighted by molar-refractivity contribution is 0.229. The van der Waals surface area contributed by atoms with Gasteiger partial charge in [0.2, 0.25) is 0 Å². The molecule has 0 aromatic heterocycles. The van der Waals surface area contributed by atoms with Gasteiger partial charge < -0.3 is 5.11 Å². The molecule has 0 aliphatic carbocycles. The van der Waals surface area contributed by atoms with Gasteiger partial charge in [0.05, 0.1) is 6.10 Å². The molecule has 0 spiro atoms. The molecule has 2 aromatic rings. The zero-order valence-electron chi connectivity index (χ0n) is 9.25. The van der Waals surface area contributed by atoms with Gasteiger partial charge in [-0.3, -0.25) is 0 Å². The molecule has 0 radical (unpaired) electrons. The van der Waals surface area contributed by atoms with Crippen molar-refractivity contribution in [2.24, 2.45) is 0 Å². The van der Waals surface area contributed by atoms with Crippen molar-refractivity contribution in [3.63, 3.8) is 0 Å². The Morgan fingerprint density at radius 1 is 1.00 bits per heavy atom. The van der Waals surface area contributed by atoms with Crippen molar-refractivity contribution in [1.29, 1.82) is 0 Å². The summed E-state index contributed by atoms with van der Waals surface area (Å²) in [4.78, 5) is 0. The number of halogens is 1. The van der Waals surface area contributed by atoms with Crippen molar-refractivity contribution >= 4 is 6.08 Å². The van der Waals surface area contributed by atoms with Crippen LogP contribution in [0.3, 0.4) is 0 Å². The Morgan fingerprint density at radius 3 is 2.47 bits per heavy atom. The molecule has 2 rings (SSSR count). The molecular weight excluding hydrogens is 215 g/mol. The van der Waals surface area contributed by atoms with Gasteiger partial charge >= 0.3 is 0 Å². The molecule has 1 unspecified atom stereocenters. The molecule has 2 heteroatoms. The van der Waals surface area contributed by atoms with E-state index in [9.17, 15) is 9.50 Å². The van der Waals surface area contributed by atoms with Crippen molar-refractivity contribution in [3.05, 3.63) is 77.6 Å². The van der Waals surface area contributed by atoms with E-state index < -0.39 is 6.10 Å². The molecule has 0 saturated carbocycles. The van der Waals surface area contributed by atoms with Gasteiger partial charge in [-0.05, 0) is 23.3 Å². The number of rotatable bonds is 3. The fourth-order valence-electron chi connectivity index (χ4n) is 1.57. The highest BCUT2D eigenvalue weighted by Crippen LogP contribution is 2.16. The second kappa shape index (κ2) is 5.41. The Morgan fingerprint density at radius 2 is 1.76 bits per heavy atom. The van der Waals surface area contributed by atoms with E-state index in [1.54, 1.807) is 18.2 Å². The lowest BCUT2D eigenvalue weighted by Gasteiger charge is -2.05. The third-order valence-electron chi connectivity index (χ3n) is 2.46. The fourth-order valence-corrected chi connectivity index (χ4v) is 1.57. The van der Waals surface area contributed by atoms with E-state index in [1.165, 1.54) is 12.1 Å². The quantitative estimate of drug-likeness (QED) is 0.851. The molecule has 86 valence electrons. The summed E-state index contributed by atoms with van der Waals surface area (Å²) < 4.78 is 13.0. The zero-order chi connectivity index (χ0) is 12.1. The highest BCUT2D eigenvalue weighted by atomic mass is 19.1. The van der Waals surface area contributed by atoms with Crippen LogP contribution < -0.4 is 0 Å². The summed E-state index contributed by atoms with van der Waals surface area (Å²) >= 11 is 0. The first-order chi connectivity index (χ1) is 8.25. The van der Waals surface area contributed by atoms with E-state index in [4.69, 9.17) is 0 Å². The molecule has 17 heavy (non-hydrogen) atoms. The third-order valence-corrected chi connectivity index (χ3v) is 2.46. The SMILES string of the molecule is OC(/C=C/c1ccccc1)c1cccc(F)c1. The van der Waals surface area contributed by atoms with Crippen LogP contribution in [0.5, 0.6) is 0 Å². The fraction of sp³-hybridized carbons (Fsp3) is 0.0667. The van der Waals surface area contributed by atoms with Crippen LogP contribution in [0.4, 0.5) is 4.39 Å². The van der Waals surface area contributed by atoms with Crippen LogP contribution in [0.25, 0.3) is 6.08 Å². The van der Waals surface area contributed by atoms with E-state index in [2.05, 4.69) is 0 Å². The zero-order valence-corrected chi connectivity index (χ0v) is 9.25. The number of hydrogen-bond donors (Lipinski definition) is 1. The van der Waals surface area contributed by atoms with Crippen LogP contribution in [0.1, 0.15) is 17.2 Å². The van der Waals surface area contributed by atoms with Crippen LogP contribution in [0, 0.1) is 5.82 Å². The molecule has 0 amide bonds. The van der Waals surface area contributed by atoms with Gasteiger partial charge in [-0.1, -0.05) is 54.6 Å². The first-order valence-electron chi connectivity index (χ1n) is 5.42. The molecule has 1 N–H and O–H groups in total. The average molecular weight is 228 g/mol. The molecule has 0 aliphatic heterocycles. The number of benzene rings is 2. The summed E-state index contributed by atoms with van der Waals surface area (Å²) in [5, 5.41) is 9.85. The van der Waals surface area contributed by atoms with Crippen molar-refractivity contribution < 1.29 is 9.50 Å². The van der Waals surface area contributed by atoms with Gasteiger partial charge in [-0.25, -0.2) is 4.39 Å². The second-order valence-electron chi connectivity index (χ2n) is 3.77. The topological polar surface area (TPSA) is 20.2 Å². The maximum absolute atomic E-state index is 13.0. The summed E-state index contributed by atoms with van der Waals surface area (Å²) in [7, 11) is 0. The van der Waals surface area contributed by atoms with E-state index >= 15 is 0 Å². The predicted octanol–water partition coefficient (Wildman–Crippen LogP) is 3.57. The highest BCUT2D eigenvalue weighted by Gasteiger charge is 2.03. The van der Waals surface area contributed by atoms with Crippen molar-refractivity contribution in [3.8, 4) is 0 Å². The average Bonchev–Trinajstić information content (AvgIpc) is 2.37. The number of aliphatic hydroxyl groups excluding tert-OH is 1. The van der Waals surface area contributed by atoms with Crippen LogP contribution in [-0.2, 0) is 0 Å². The molecule has 0 aliphatic rings. The molecule has 2 aromatic carbocycles. The second-order valence-corrected chi connectivity index (χ2v) is 3.77. The summed E-state index contributed by atoms with van der Waals surface area (Å²) in [5.41, 5.74) is 1.56. The van der Waals surface area contributed by atoms with E-state index in [1.807, 2.05) is 36.4 Å². The molecular formula is C15H13FO. The Hall–Kier alpha value is -1.93. The van der Waals surface area contributed by atoms with Crippen LogP contribution >= 0.6 is 0 Å². The van der Waals surface area contributed by atoms with Crippen LogP contribution in [-0.4, -0.2) is 5.11 Å². The standard InChI is InChI=1S/C15H13FO/c16-14-8-4-7-13(11-14)15(17)10-9-12-5-2-1-3-6-12/h1-11,15,17H/b10-9+. The summed E-state index contributed by atoms with van der Waals surface area (Å²) in [6, 6.07) is 15.6. The Kier molecular flexibility index (Phi) is 3.68. The monoisotopic (exact) mass is 228 g/mol. The Labute approximate surface area is 99.9 Å². The molecule has 0 saturated heterocycles. The highest BCUT2D eigenvalue weighted by molar-refractivity contribution is 5.50. The Balaban J connectivity index is 2.12. The van der Waals surface area contributed by atoms with Crippen molar-refractivity contribution in [2.45, 2.75) is 6.10 Å². The number of aliphatic hydroxyl groups is 1. The van der Waals surface area contributed by atoms with Gasteiger partial charge in [-0.15, -0.1) is 0 Å². The maximum atomic E-state index is 13.0. The van der Waals surface area contributed by atoms with E-state index in [0.29, 0.717) is 5.56 Å². The lowest BCUT2D eigenvalue weighted by atomic mass is 10.1. The molecule has 1 atom stereocenters. The minimum absolute atomic E-state index is 0.338. The maximum Gasteiger partial charge on any atom is 0.123 e. The van der Waals surface area contributed by atoms with Crippen LogP contribution in [0.2, 0.25) is 0 Å². The lowest BCUT2D eigenvalue weighted by Crippen LogP contribution is -1.93. The first-order valence-corrected chi connectivity index (χ1v) is 5.42. The van der Waals surface area contributed by atoms with Gasteiger partial charge in [0.15, 0.2) is 0 Å². The molecule has 0 fully saturated rings. The predicted molar refractivity (Wildman–Crippen MR) is 66.8 cm³/mol. The van der Waals surface area contributed by atoms with Gasteiger partial charge in [0.25, 0.3) is 0 Å². The normalized spacial score (nSPS) is 12.8. The van der Waals surface area contributed by atoms with Crippen molar-refractivity contribution in [1.82, 2.24) is 0 Å². The molecule has 0 heterocycles. The minimum atomic E-state index is -0.786. The largest absolute Gasteiger partial charge is 0.384 e. The third kappa shape index (κ3) is 3.26. The van der Waals surface area contributed by atoms with E-state index in [-0.39, 0.29) is 5.82 Å². The smallest absolute Gasteiger partial charge is 0.123 e. The summed E-state index contributed by atoms with van der Waals surface area (Å²) in [6.07, 6.45) is 2.67. The molecule has 0 bridgehead atoms.